The number of thiophene rings is 1. The molecule has 0 saturated heterocycles. The third-order valence-electron chi connectivity index (χ3n) is 3.42. The Morgan fingerprint density at radius 1 is 1.36 bits per heavy atom. The lowest BCUT2D eigenvalue weighted by Crippen LogP contribution is -2.20. The molecule has 0 spiro atoms. The van der Waals surface area contributed by atoms with Crippen LogP contribution in [0, 0.1) is 20.8 Å². The van der Waals surface area contributed by atoms with Crippen molar-refractivity contribution < 1.29 is 4.79 Å². The van der Waals surface area contributed by atoms with Gasteiger partial charge < -0.3 is 0 Å². The van der Waals surface area contributed by atoms with Crippen LogP contribution in [0.25, 0.3) is 5.65 Å². The number of imidazole rings is 1. The summed E-state index contributed by atoms with van der Waals surface area (Å²) in [6.07, 6.45) is 3.52. The van der Waals surface area contributed by atoms with Crippen LogP contribution in [0.1, 0.15) is 32.2 Å². The smallest absolute Gasteiger partial charge is 0.290 e. The molecule has 1 N–H and O–H groups in total. The first kappa shape index (κ1) is 14.5. The largest absolute Gasteiger partial charge is 0.295 e. The van der Waals surface area contributed by atoms with Crippen molar-refractivity contribution in [2.45, 2.75) is 20.8 Å². The van der Waals surface area contributed by atoms with Gasteiger partial charge in [-0.1, -0.05) is 0 Å². The second kappa shape index (κ2) is 5.73. The van der Waals surface area contributed by atoms with Crippen LogP contribution in [-0.4, -0.2) is 21.5 Å². The molecule has 0 radical (unpaired) electrons. The molecule has 22 heavy (non-hydrogen) atoms. The summed E-state index contributed by atoms with van der Waals surface area (Å²) in [4.78, 5) is 17.8. The van der Waals surface area contributed by atoms with E-state index in [1.165, 1.54) is 0 Å². The molecular weight excluding hydrogens is 296 g/mol. The molecular formula is C16H16N4OS. The molecule has 0 aliphatic carbocycles. The summed E-state index contributed by atoms with van der Waals surface area (Å²) in [7, 11) is 0. The number of rotatable bonds is 3. The van der Waals surface area contributed by atoms with Crippen molar-refractivity contribution in [3.8, 4) is 0 Å². The van der Waals surface area contributed by atoms with Crippen molar-refractivity contribution in [2.24, 2.45) is 5.10 Å². The van der Waals surface area contributed by atoms with Crippen LogP contribution in [-0.2, 0) is 0 Å². The zero-order chi connectivity index (χ0) is 15.7. The molecule has 3 aromatic rings. The van der Waals surface area contributed by atoms with E-state index in [2.05, 4.69) is 15.5 Å². The number of pyridine rings is 1. The average Bonchev–Trinajstić information content (AvgIpc) is 3.01. The van der Waals surface area contributed by atoms with Gasteiger partial charge in [-0.05, 0) is 55.5 Å². The highest BCUT2D eigenvalue weighted by atomic mass is 32.1. The summed E-state index contributed by atoms with van der Waals surface area (Å²) in [6, 6.07) is 5.91. The lowest BCUT2D eigenvalue weighted by molar-refractivity contribution is 0.0948. The fraction of sp³-hybridized carbons (Fsp3) is 0.188. The van der Waals surface area contributed by atoms with Gasteiger partial charge in [0, 0.05) is 11.1 Å². The van der Waals surface area contributed by atoms with Gasteiger partial charge in [0.2, 0.25) is 0 Å². The Morgan fingerprint density at radius 2 is 2.18 bits per heavy atom. The molecule has 5 nitrogen and oxygen atoms in total. The predicted octanol–water partition coefficient (Wildman–Crippen LogP) is 3.08. The molecule has 3 heterocycles. The summed E-state index contributed by atoms with van der Waals surface area (Å²) < 4.78 is 1.78. The predicted molar refractivity (Wildman–Crippen MR) is 88.8 cm³/mol. The van der Waals surface area contributed by atoms with Crippen molar-refractivity contribution in [3.63, 3.8) is 0 Å². The highest BCUT2D eigenvalue weighted by Crippen LogP contribution is 2.14. The number of aryl methyl sites for hydroxylation is 3. The van der Waals surface area contributed by atoms with Gasteiger partial charge in [-0.3, -0.25) is 9.20 Å². The highest BCUT2D eigenvalue weighted by molar-refractivity contribution is 7.11. The van der Waals surface area contributed by atoms with E-state index in [0.29, 0.717) is 11.4 Å². The molecule has 0 aromatic carbocycles. The lowest BCUT2D eigenvalue weighted by Gasteiger charge is -2.02. The first-order valence-electron chi connectivity index (χ1n) is 6.89. The van der Waals surface area contributed by atoms with Gasteiger partial charge in [-0.15, -0.1) is 11.3 Å². The lowest BCUT2D eigenvalue weighted by atomic mass is 10.3. The minimum Gasteiger partial charge on any atom is -0.295 e. The van der Waals surface area contributed by atoms with E-state index in [0.717, 1.165) is 21.7 Å². The molecule has 0 bridgehead atoms. The number of hydrogen-bond acceptors (Lipinski definition) is 4. The van der Waals surface area contributed by atoms with E-state index < -0.39 is 0 Å². The van der Waals surface area contributed by atoms with Crippen LogP contribution in [0.2, 0.25) is 0 Å². The Morgan fingerprint density at radius 3 is 2.91 bits per heavy atom. The zero-order valence-corrected chi connectivity index (χ0v) is 13.4. The van der Waals surface area contributed by atoms with Crippen molar-refractivity contribution in [2.75, 3.05) is 0 Å². The summed E-state index contributed by atoms with van der Waals surface area (Å²) in [5.74, 6) is -0.265. The van der Waals surface area contributed by atoms with E-state index in [-0.39, 0.29) is 5.91 Å². The third kappa shape index (κ3) is 2.65. The van der Waals surface area contributed by atoms with E-state index in [1.807, 2.05) is 50.5 Å². The maximum atomic E-state index is 12.4. The van der Waals surface area contributed by atoms with Gasteiger partial charge in [0.25, 0.3) is 5.91 Å². The SMILES string of the molecule is Cc1ccn2c(C(=O)N/N=C\c3sccc3C)c(C)nc2c1. The maximum Gasteiger partial charge on any atom is 0.290 e. The molecule has 1 amide bonds. The Kier molecular flexibility index (Phi) is 3.77. The monoisotopic (exact) mass is 312 g/mol. The Hall–Kier alpha value is -2.47. The standard InChI is InChI=1S/C16H16N4OS/c1-10-4-6-20-14(8-10)18-12(3)15(20)16(21)19-17-9-13-11(2)5-7-22-13/h4-9H,1-3H3,(H,19,21)/b17-9-. The number of nitrogens with one attached hydrogen (secondary N) is 1. The van der Waals surface area contributed by atoms with E-state index >= 15 is 0 Å². The summed E-state index contributed by atoms with van der Waals surface area (Å²) in [5, 5.41) is 6.04. The van der Waals surface area contributed by atoms with Crippen molar-refractivity contribution in [3.05, 3.63) is 57.2 Å². The Bertz CT molecular complexity index is 876. The number of nitrogens with zero attached hydrogens (tertiary/aromatic N) is 3. The Balaban J connectivity index is 1.85. The number of amides is 1. The summed E-state index contributed by atoms with van der Waals surface area (Å²) >= 11 is 1.59. The van der Waals surface area contributed by atoms with Crippen molar-refractivity contribution in [1.82, 2.24) is 14.8 Å². The fourth-order valence-corrected chi connectivity index (χ4v) is 3.04. The number of hydrazone groups is 1. The maximum absolute atomic E-state index is 12.4. The molecule has 112 valence electrons. The van der Waals surface area contributed by atoms with Gasteiger partial charge >= 0.3 is 0 Å². The van der Waals surface area contributed by atoms with E-state index in [4.69, 9.17) is 0 Å². The van der Waals surface area contributed by atoms with Crippen LogP contribution in [0.3, 0.4) is 0 Å². The number of fused-ring (bicyclic) bond motifs is 1. The van der Waals surface area contributed by atoms with Crippen LogP contribution in [0.5, 0.6) is 0 Å². The molecule has 3 aromatic heterocycles. The topological polar surface area (TPSA) is 58.8 Å². The third-order valence-corrected chi connectivity index (χ3v) is 4.37. The average molecular weight is 312 g/mol. The van der Waals surface area contributed by atoms with E-state index in [1.54, 1.807) is 22.0 Å². The molecule has 0 saturated carbocycles. The second-order valence-electron chi connectivity index (χ2n) is 5.15. The molecule has 0 aliphatic heterocycles. The molecule has 3 rings (SSSR count). The fourth-order valence-electron chi connectivity index (χ4n) is 2.26. The Labute approximate surface area is 132 Å². The van der Waals surface area contributed by atoms with Gasteiger partial charge in [0.05, 0.1) is 11.9 Å². The van der Waals surface area contributed by atoms with Gasteiger partial charge in [0.1, 0.15) is 11.3 Å². The van der Waals surface area contributed by atoms with Crippen molar-refractivity contribution in [1.29, 1.82) is 0 Å². The zero-order valence-electron chi connectivity index (χ0n) is 12.6. The van der Waals surface area contributed by atoms with Gasteiger partial charge in [0.15, 0.2) is 0 Å². The summed E-state index contributed by atoms with van der Waals surface area (Å²) in [6.45, 7) is 5.83. The van der Waals surface area contributed by atoms with E-state index in [9.17, 15) is 4.79 Å². The van der Waals surface area contributed by atoms with Crippen LogP contribution >= 0.6 is 11.3 Å². The molecule has 0 atom stereocenters. The number of aromatic nitrogens is 2. The number of carbonyl (C=O) groups is 1. The van der Waals surface area contributed by atoms with Gasteiger partial charge in [-0.2, -0.15) is 5.10 Å². The number of hydrogen-bond donors (Lipinski definition) is 1. The van der Waals surface area contributed by atoms with Crippen molar-refractivity contribution >= 4 is 29.1 Å². The first-order valence-corrected chi connectivity index (χ1v) is 7.77. The second-order valence-corrected chi connectivity index (χ2v) is 6.09. The quantitative estimate of drug-likeness (QED) is 0.597. The summed E-state index contributed by atoms with van der Waals surface area (Å²) in [5.41, 5.74) is 6.78. The molecule has 0 fully saturated rings. The van der Waals surface area contributed by atoms with Gasteiger partial charge in [-0.25, -0.2) is 10.4 Å². The van der Waals surface area contributed by atoms with Crippen LogP contribution < -0.4 is 5.43 Å². The highest BCUT2D eigenvalue weighted by Gasteiger charge is 2.15. The van der Waals surface area contributed by atoms with Crippen LogP contribution in [0.15, 0.2) is 34.9 Å². The normalized spacial score (nSPS) is 11.4. The van der Waals surface area contributed by atoms with Crippen LogP contribution in [0.4, 0.5) is 0 Å². The minimum atomic E-state index is -0.265. The molecule has 6 heteroatoms. The molecule has 0 unspecified atom stereocenters. The minimum absolute atomic E-state index is 0.265. The first-order chi connectivity index (χ1) is 10.6. The number of carbonyl (C=O) groups excluding carboxylic acids is 1. The molecule has 0 aliphatic rings.